The molecule has 0 aliphatic carbocycles. The summed E-state index contributed by atoms with van der Waals surface area (Å²) in [5.74, 6) is 3.49. The zero-order chi connectivity index (χ0) is 30.1. The second-order valence-corrected chi connectivity index (χ2v) is 12.9. The molecule has 10 heteroatoms. The van der Waals surface area contributed by atoms with Gasteiger partial charge in [0.25, 0.3) is 0 Å². The van der Waals surface area contributed by atoms with Crippen LogP contribution in [0.3, 0.4) is 0 Å². The number of thioether (sulfide) groups is 2. The lowest BCUT2D eigenvalue weighted by molar-refractivity contribution is 0.664. The van der Waals surface area contributed by atoms with Crippen molar-refractivity contribution in [1.82, 2.24) is 29.5 Å². The maximum absolute atomic E-state index is 6.07. The molecule has 0 radical (unpaired) electrons. The summed E-state index contributed by atoms with van der Waals surface area (Å²) in [4.78, 5) is 0. The van der Waals surface area contributed by atoms with Crippen LogP contribution in [0.25, 0.3) is 11.4 Å². The number of hydrogen-bond acceptors (Lipinski definition) is 6. The zero-order valence-corrected chi connectivity index (χ0v) is 27.0. The first-order valence-electron chi connectivity index (χ1n) is 14.4. The van der Waals surface area contributed by atoms with Crippen molar-refractivity contribution in [2.45, 2.75) is 47.5 Å². The molecule has 6 rings (SSSR count). The number of aryl methyl sites for hydroxylation is 2. The van der Waals surface area contributed by atoms with Gasteiger partial charge in [0.05, 0.1) is 0 Å². The van der Waals surface area contributed by atoms with Gasteiger partial charge in [-0.05, 0) is 72.5 Å². The Morgan fingerprint density at radius 1 is 0.477 bits per heavy atom. The minimum Gasteiger partial charge on any atom is -0.274 e. The molecular formula is C34H30Cl2N6S2. The van der Waals surface area contributed by atoms with Gasteiger partial charge in [-0.15, -0.1) is 20.4 Å². The van der Waals surface area contributed by atoms with Crippen LogP contribution in [0.1, 0.15) is 35.6 Å². The molecule has 0 saturated heterocycles. The summed E-state index contributed by atoms with van der Waals surface area (Å²) in [6.45, 7) is 0. The highest BCUT2D eigenvalue weighted by Gasteiger charge is 2.17. The first kappa shape index (κ1) is 30.5. The lowest BCUT2D eigenvalue weighted by atomic mass is 10.1. The van der Waals surface area contributed by atoms with E-state index in [1.54, 1.807) is 23.5 Å². The molecular weight excluding hydrogens is 627 g/mol. The van der Waals surface area contributed by atoms with Gasteiger partial charge in [-0.2, -0.15) is 0 Å². The topological polar surface area (TPSA) is 61.4 Å². The second-order valence-electron chi connectivity index (χ2n) is 10.2. The van der Waals surface area contributed by atoms with Crippen molar-refractivity contribution in [3.8, 4) is 11.4 Å². The van der Waals surface area contributed by atoms with Crippen LogP contribution in [-0.2, 0) is 24.3 Å². The Morgan fingerprint density at radius 2 is 0.864 bits per heavy atom. The zero-order valence-electron chi connectivity index (χ0n) is 23.9. The summed E-state index contributed by atoms with van der Waals surface area (Å²) in [6.07, 6.45) is 3.51. The number of benzene rings is 4. The predicted octanol–water partition coefficient (Wildman–Crippen LogP) is 9.30. The maximum Gasteiger partial charge on any atom is 0.196 e. The molecule has 2 aromatic heterocycles. The van der Waals surface area contributed by atoms with E-state index in [-0.39, 0.29) is 0 Å². The van der Waals surface area contributed by atoms with Gasteiger partial charge in [0, 0.05) is 45.8 Å². The lowest BCUT2D eigenvalue weighted by Gasteiger charge is -2.11. The fourth-order valence-electron chi connectivity index (χ4n) is 4.81. The van der Waals surface area contributed by atoms with Crippen molar-refractivity contribution in [2.24, 2.45) is 0 Å². The quantitative estimate of drug-likeness (QED) is 0.0912. The Kier molecular flexibility index (Phi) is 10.3. The number of nitrogens with zero attached hydrogens (tertiary/aromatic N) is 6. The molecule has 222 valence electrons. The molecule has 0 atom stereocenters. The Balaban J connectivity index is 1.14. The summed E-state index contributed by atoms with van der Waals surface area (Å²) in [5.41, 5.74) is 4.52. The Labute approximate surface area is 275 Å². The van der Waals surface area contributed by atoms with E-state index in [0.717, 1.165) is 80.6 Å². The van der Waals surface area contributed by atoms with Gasteiger partial charge >= 0.3 is 0 Å². The van der Waals surface area contributed by atoms with Crippen LogP contribution in [0.15, 0.2) is 120 Å². The molecule has 0 spiro atoms. The minimum absolute atomic E-state index is 0.739. The van der Waals surface area contributed by atoms with E-state index in [2.05, 4.69) is 78.1 Å². The molecule has 44 heavy (non-hydrogen) atoms. The Morgan fingerprint density at radius 3 is 1.25 bits per heavy atom. The second kappa shape index (κ2) is 14.9. The van der Waals surface area contributed by atoms with Crippen molar-refractivity contribution in [2.75, 3.05) is 0 Å². The number of para-hydroxylation sites is 2. The summed E-state index contributed by atoms with van der Waals surface area (Å²) in [7, 11) is 0. The van der Waals surface area contributed by atoms with Gasteiger partial charge in [0.15, 0.2) is 10.3 Å². The Hall–Kier alpha value is -3.56. The highest BCUT2D eigenvalue weighted by molar-refractivity contribution is 7.98. The molecule has 0 fully saturated rings. The van der Waals surface area contributed by atoms with Gasteiger partial charge in [-0.25, -0.2) is 0 Å². The fourth-order valence-corrected chi connectivity index (χ4v) is 6.91. The molecule has 0 unspecified atom stereocenters. The Bertz CT molecular complexity index is 1640. The molecule has 0 bridgehead atoms. The normalized spacial score (nSPS) is 11.2. The molecule has 0 amide bonds. The van der Waals surface area contributed by atoms with Crippen LogP contribution in [0, 0.1) is 0 Å². The van der Waals surface area contributed by atoms with E-state index in [1.807, 2.05) is 60.7 Å². The van der Waals surface area contributed by atoms with Crippen LogP contribution in [0.4, 0.5) is 0 Å². The number of aromatic nitrogens is 6. The predicted molar refractivity (Wildman–Crippen MR) is 181 cm³/mol. The molecule has 0 N–H and O–H groups in total. The van der Waals surface area contributed by atoms with Crippen LogP contribution in [0.5, 0.6) is 0 Å². The highest BCUT2D eigenvalue weighted by atomic mass is 35.5. The van der Waals surface area contributed by atoms with Crippen molar-refractivity contribution < 1.29 is 0 Å². The van der Waals surface area contributed by atoms with Crippen LogP contribution in [-0.4, -0.2) is 29.5 Å². The van der Waals surface area contributed by atoms with Crippen LogP contribution >= 0.6 is 46.7 Å². The average Bonchev–Trinajstić information content (AvgIpc) is 3.67. The van der Waals surface area contributed by atoms with E-state index in [0.29, 0.717) is 0 Å². The SMILES string of the molecule is Clc1ccc(CSc2nnc(CCCCc3nnc(SCc4ccc(Cl)cc4)n3-c3ccccc3)n2-c2ccccc2)cc1. The minimum atomic E-state index is 0.739. The fraction of sp³-hybridized carbons (Fsp3) is 0.176. The molecule has 4 aromatic carbocycles. The third kappa shape index (κ3) is 7.74. The number of unbranched alkanes of at least 4 members (excludes halogenated alkanes) is 1. The first-order chi connectivity index (χ1) is 21.6. The van der Waals surface area contributed by atoms with E-state index in [9.17, 15) is 0 Å². The molecule has 2 heterocycles. The van der Waals surface area contributed by atoms with E-state index >= 15 is 0 Å². The van der Waals surface area contributed by atoms with Crippen LogP contribution < -0.4 is 0 Å². The standard InChI is InChI=1S/C34H30Cl2N6S2/c35-27-19-15-25(16-20-27)23-43-33-39-37-31(41(33)29-9-3-1-4-10-29)13-7-8-14-32-38-40-34(42(32)30-11-5-2-6-12-30)44-24-26-17-21-28(36)22-18-26/h1-6,9-12,15-22H,7-8,13-14,23-24H2. The largest absolute Gasteiger partial charge is 0.274 e. The first-order valence-corrected chi connectivity index (χ1v) is 17.1. The van der Waals surface area contributed by atoms with Crippen molar-refractivity contribution in [3.05, 3.63) is 142 Å². The van der Waals surface area contributed by atoms with Crippen molar-refractivity contribution in [1.29, 1.82) is 0 Å². The highest BCUT2D eigenvalue weighted by Crippen LogP contribution is 2.28. The number of halogens is 2. The number of rotatable bonds is 13. The van der Waals surface area contributed by atoms with Crippen LogP contribution in [0.2, 0.25) is 10.0 Å². The average molecular weight is 658 g/mol. The smallest absolute Gasteiger partial charge is 0.196 e. The number of hydrogen-bond donors (Lipinski definition) is 0. The summed E-state index contributed by atoms with van der Waals surface area (Å²) >= 11 is 15.5. The third-order valence-corrected chi connectivity index (χ3v) is 9.55. The van der Waals surface area contributed by atoms with Crippen molar-refractivity contribution >= 4 is 46.7 Å². The third-order valence-electron chi connectivity index (χ3n) is 7.04. The van der Waals surface area contributed by atoms with Gasteiger partial charge in [-0.1, -0.05) is 107 Å². The molecule has 0 saturated carbocycles. The summed E-state index contributed by atoms with van der Waals surface area (Å²) in [5, 5.41) is 21.6. The van der Waals surface area contributed by atoms with Gasteiger partial charge in [-0.3, -0.25) is 9.13 Å². The molecule has 0 aliphatic heterocycles. The molecule has 6 nitrogen and oxygen atoms in total. The van der Waals surface area contributed by atoms with Crippen molar-refractivity contribution in [3.63, 3.8) is 0 Å². The van der Waals surface area contributed by atoms with E-state index in [1.165, 1.54) is 11.1 Å². The maximum atomic E-state index is 6.07. The van der Waals surface area contributed by atoms with Gasteiger partial charge < -0.3 is 0 Å². The van der Waals surface area contributed by atoms with E-state index < -0.39 is 0 Å². The summed E-state index contributed by atoms with van der Waals surface area (Å²) < 4.78 is 4.36. The molecule has 0 aliphatic rings. The van der Waals surface area contributed by atoms with E-state index in [4.69, 9.17) is 23.2 Å². The monoisotopic (exact) mass is 656 g/mol. The van der Waals surface area contributed by atoms with Gasteiger partial charge in [0.1, 0.15) is 11.6 Å². The van der Waals surface area contributed by atoms with Gasteiger partial charge in [0.2, 0.25) is 0 Å². The summed E-state index contributed by atoms with van der Waals surface area (Å²) in [6, 6.07) is 36.5. The molecule has 6 aromatic rings. The lowest BCUT2D eigenvalue weighted by Crippen LogP contribution is -2.05.